The molecular formula is C14H16N4O. The van der Waals surface area contributed by atoms with Crippen LogP contribution in [-0.2, 0) is 11.8 Å². The van der Waals surface area contributed by atoms with Crippen molar-refractivity contribution < 1.29 is 4.79 Å². The average Bonchev–Trinajstić information content (AvgIpc) is 2.78. The highest BCUT2D eigenvalue weighted by molar-refractivity contribution is 5.99. The number of aryl methyl sites for hydroxylation is 1. The summed E-state index contributed by atoms with van der Waals surface area (Å²) in [6, 6.07) is 7.64. The second kappa shape index (κ2) is 4.39. The Morgan fingerprint density at radius 1 is 1.47 bits per heavy atom. The second-order valence-electron chi connectivity index (χ2n) is 5.13. The lowest BCUT2D eigenvalue weighted by molar-refractivity contribution is -0.123. The summed E-state index contributed by atoms with van der Waals surface area (Å²) in [5.74, 6) is -0.231. The normalized spacial score (nSPS) is 11.3. The molecule has 5 nitrogen and oxygen atoms in total. The quantitative estimate of drug-likeness (QED) is 0.826. The smallest absolute Gasteiger partial charge is 0.246 e. The molecule has 98 valence electrons. The zero-order valence-corrected chi connectivity index (χ0v) is 11.5. The molecule has 0 saturated carbocycles. The first kappa shape index (κ1) is 13.1. The maximum Gasteiger partial charge on any atom is 0.246 e. The molecule has 0 aliphatic heterocycles. The van der Waals surface area contributed by atoms with Gasteiger partial charge in [-0.25, -0.2) is 4.98 Å². The first-order chi connectivity index (χ1) is 8.86. The van der Waals surface area contributed by atoms with E-state index in [1.807, 2.05) is 35.9 Å². The van der Waals surface area contributed by atoms with Crippen LogP contribution >= 0.6 is 0 Å². The largest absolute Gasteiger partial charge is 0.334 e. The molecule has 2 aromatic rings. The van der Waals surface area contributed by atoms with Crippen LogP contribution < -0.4 is 4.90 Å². The number of hydrogen-bond acceptors (Lipinski definition) is 3. The lowest BCUT2D eigenvalue weighted by atomic mass is 9.94. The number of fused-ring (bicyclic) bond motifs is 1. The van der Waals surface area contributed by atoms with Crippen molar-refractivity contribution in [1.29, 1.82) is 5.26 Å². The van der Waals surface area contributed by atoms with Gasteiger partial charge in [0.1, 0.15) is 5.41 Å². The SMILES string of the molecule is CN(C(=O)C(C)(C)C#N)c1ccc2c(c1)ncn2C. The molecule has 0 atom stereocenters. The number of aromatic nitrogens is 2. The van der Waals surface area contributed by atoms with Crippen molar-refractivity contribution in [2.24, 2.45) is 12.5 Å². The predicted molar refractivity (Wildman–Crippen MR) is 73.5 cm³/mol. The van der Waals surface area contributed by atoms with Gasteiger partial charge in [0.15, 0.2) is 0 Å². The molecule has 2 rings (SSSR count). The van der Waals surface area contributed by atoms with E-state index in [-0.39, 0.29) is 5.91 Å². The van der Waals surface area contributed by atoms with Gasteiger partial charge in [-0.1, -0.05) is 0 Å². The van der Waals surface area contributed by atoms with E-state index in [1.54, 1.807) is 27.2 Å². The monoisotopic (exact) mass is 256 g/mol. The van der Waals surface area contributed by atoms with Gasteiger partial charge in [-0.15, -0.1) is 0 Å². The molecule has 1 aromatic heterocycles. The lowest BCUT2D eigenvalue weighted by Crippen LogP contribution is -2.37. The van der Waals surface area contributed by atoms with Crippen molar-refractivity contribution >= 4 is 22.6 Å². The van der Waals surface area contributed by atoms with Gasteiger partial charge in [0.25, 0.3) is 0 Å². The molecule has 19 heavy (non-hydrogen) atoms. The highest BCUT2D eigenvalue weighted by Crippen LogP contribution is 2.24. The van der Waals surface area contributed by atoms with E-state index in [2.05, 4.69) is 4.98 Å². The number of carbonyl (C=O) groups is 1. The maximum atomic E-state index is 12.2. The maximum absolute atomic E-state index is 12.2. The Balaban J connectivity index is 2.40. The van der Waals surface area contributed by atoms with Gasteiger partial charge in [0.05, 0.1) is 23.4 Å². The van der Waals surface area contributed by atoms with Crippen LogP contribution in [0.4, 0.5) is 5.69 Å². The van der Waals surface area contributed by atoms with Gasteiger partial charge in [-0.2, -0.15) is 5.26 Å². The summed E-state index contributed by atoms with van der Waals surface area (Å²) >= 11 is 0. The van der Waals surface area contributed by atoms with E-state index >= 15 is 0 Å². The van der Waals surface area contributed by atoms with Crippen molar-refractivity contribution in [3.8, 4) is 6.07 Å². The van der Waals surface area contributed by atoms with Crippen molar-refractivity contribution in [3.05, 3.63) is 24.5 Å². The van der Waals surface area contributed by atoms with Crippen molar-refractivity contribution in [1.82, 2.24) is 9.55 Å². The molecule has 0 aliphatic rings. The number of carbonyl (C=O) groups excluding carboxylic acids is 1. The van der Waals surface area contributed by atoms with E-state index in [4.69, 9.17) is 5.26 Å². The first-order valence-electron chi connectivity index (χ1n) is 5.97. The summed E-state index contributed by atoms with van der Waals surface area (Å²) < 4.78 is 1.92. The van der Waals surface area contributed by atoms with Gasteiger partial charge in [0.2, 0.25) is 5.91 Å². The molecule has 0 unspecified atom stereocenters. The number of hydrogen-bond donors (Lipinski definition) is 0. The minimum Gasteiger partial charge on any atom is -0.334 e. The zero-order valence-electron chi connectivity index (χ0n) is 11.5. The van der Waals surface area contributed by atoms with Crippen molar-refractivity contribution in [2.75, 3.05) is 11.9 Å². The Labute approximate surface area is 112 Å². The van der Waals surface area contributed by atoms with Crippen LogP contribution in [0, 0.1) is 16.7 Å². The highest BCUT2D eigenvalue weighted by atomic mass is 16.2. The highest BCUT2D eigenvalue weighted by Gasteiger charge is 2.31. The van der Waals surface area contributed by atoms with Gasteiger partial charge >= 0.3 is 0 Å². The number of nitriles is 1. The minimum absolute atomic E-state index is 0.231. The average molecular weight is 256 g/mol. The Morgan fingerprint density at radius 3 is 2.79 bits per heavy atom. The third-order valence-electron chi connectivity index (χ3n) is 3.22. The van der Waals surface area contributed by atoms with Gasteiger partial charge in [0, 0.05) is 19.8 Å². The third-order valence-corrected chi connectivity index (χ3v) is 3.22. The molecule has 0 N–H and O–H groups in total. The van der Waals surface area contributed by atoms with Gasteiger partial charge in [-0.3, -0.25) is 4.79 Å². The summed E-state index contributed by atoms with van der Waals surface area (Å²) in [6.07, 6.45) is 1.73. The van der Waals surface area contributed by atoms with E-state index < -0.39 is 5.41 Å². The topological polar surface area (TPSA) is 61.9 Å². The van der Waals surface area contributed by atoms with Gasteiger partial charge < -0.3 is 9.47 Å². The fraction of sp³-hybridized carbons (Fsp3) is 0.357. The summed E-state index contributed by atoms with van der Waals surface area (Å²) in [4.78, 5) is 18.0. The summed E-state index contributed by atoms with van der Waals surface area (Å²) in [5.41, 5.74) is 1.53. The fourth-order valence-electron chi connectivity index (χ4n) is 1.92. The predicted octanol–water partition coefficient (Wildman–Crippen LogP) is 2.09. The Kier molecular flexibility index (Phi) is 3.03. The number of imidazole rings is 1. The van der Waals surface area contributed by atoms with Crippen LogP contribution in [0.15, 0.2) is 24.5 Å². The van der Waals surface area contributed by atoms with Crippen LogP contribution in [0.25, 0.3) is 11.0 Å². The van der Waals surface area contributed by atoms with Crippen LogP contribution in [-0.4, -0.2) is 22.5 Å². The molecule has 0 aliphatic carbocycles. The molecule has 0 spiro atoms. The first-order valence-corrected chi connectivity index (χ1v) is 5.97. The van der Waals surface area contributed by atoms with Crippen molar-refractivity contribution in [2.45, 2.75) is 13.8 Å². The van der Waals surface area contributed by atoms with E-state index in [9.17, 15) is 4.79 Å². The lowest BCUT2D eigenvalue weighted by Gasteiger charge is -2.24. The van der Waals surface area contributed by atoms with Gasteiger partial charge in [-0.05, 0) is 32.0 Å². The van der Waals surface area contributed by atoms with Crippen LogP contribution in [0.2, 0.25) is 0 Å². The van der Waals surface area contributed by atoms with Crippen molar-refractivity contribution in [3.63, 3.8) is 0 Å². The third kappa shape index (κ3) is 2.17. The number of benzene rings is 1. The molecule has 0 radical (unpaired) electrons. The molecule has 1 heterocycles. The van der Waals surface area contributed by atoms with Crippen LogP contribution in [0.3, 0.4) is 0 Å². The molecule has 0 saturated heterocycles. The Bertz CT molecular complexity index is 678. The summed E-state index contributed by atoms with van der Waals surface area (Å²) in [6.45, 7) is 3.23. The van der Waals surface area contributed by atoms with Crippen LogP contribution in [0.1, 0.15) is 13.8 Å². The van der Waals surface area contributed by atoms with Crippen LogP contribution in [0.5, 0.6) is 0 Å². The summed E-state index contributed by atoms with van der Waals surface area (Å²) in [5, 5.41) is 9.02. The van der Waals surface area contributed by atoms with E-state index in [0.29, 0.717) is 0 Å². The number of anilines is 1. The molecule has 1 amide bonds. The second-order valence-corrected chi connectivity index (χ2v) is 5.13. The zero-order chi connectivity index (χ0) is 14.2. The number of rotatable bonds is 2. The molecule has 0 fully saturated rings. The standard InChI is InChI=1S/C14H16N4O/c1-14(2,8-15)13(19)18(4)10-5-6-12-11(7-10)16-9-17(12)3/h5-7,9H,1-4H3. The Hall–Kier alpha value is -2.35. The Morgan fingerprint density at radius 2 is 2.16 bits per heavy atom. The van der Waals surface area contributed by atoms with E-state index in [0.717, 1.165) is 16.7 Å². The molecular weight excluding hydrogens is 240 g/mol. The molecule has 1 aromatic carbocycles. The number of amides is 1. The minimum atomic E-state index is -1.03. The number of nitrogens with zero attached hydrogens (tertiary/aromatic N) is 4. The summed E-state index contributed by atoms with van der Waals surface area (Å²) in [7, 11) is 3.59. The molecule has 0 bridgehead atoms. The molecule has 5 heteroatoms. The van der Waals surface area contributed by atoms with E-state index in [1.165, 1.54) is 4.90 Å². The fourth-order valence-corrected chi connectivity index (χ4v) is 1.92.